The average Bonchev–Trinajstić information content (AvgIpc) is 2.76. The Kier molecular flexibility index (Phi) is 5.74. The van der Waals surface area contributed by atoms with Crippen molar-refractivity contribution in [1.82, 2.24) is 15.2 Å². The molecule has 3 aromatic rings. The van der Waals surface area contributed by atoms with Gasteiger partial charge in [0.1, 0.15) is 0 Å². The molecule has 1 aliphatic rings. The summed E-state index contributed by atoms with van der Waals surface area (Å²) in [6.07, 6.45) is 3.36. The number of benzene rings is 2. The van der Waals surface area contributed by atoms with Crippen LogP contribution in [0.3, 0.4) is 0 Å². The van der Waals surface area contributed by atoms with Crippen LogP contribution >= 0.6 is 0 Å². The van der Waals surface area contributed by atoms with Gasteiger partial charge in [-0.15, -0.1) is 0 Å². The van der Waals surface area contributed by atoms with Crippen LogP contribution in [0.25, 0.3) is 10.8 Å². The van der Waals surface area contributed by atoms with E-state index in [1.807, 2.05) is 30.3 Å². The quantitative estimate of drug-likeness (QED) is 0.671. The molecule has 0 unspecified atom stereocenters. The lowest BCUT2D eigenvalue weighted by Gasteiger charge is -2.26. The molecule has 2 atom stereocenters. The zero-order valence-corrected chi connectivity index (χ0v) is 17.3. The van der Waals surface area contributed by atoms with E-state index in [9.17, 15) is 9.59 Å². The first kappa shape index (κ1) is 20.0. The Morgan fingerprint density at radius 2 is 1.67 bits per heavy atom. The van der Waals surface area contributed by atoms with Crippen LogP contribution in [0.2, 0.25) is 0 Å². The lowest BCUT2D eigenvalue weighted by atomic mass is 9.81. The summed E-state index contributed by atoms with van der Waals surface area (Å²) in [5.74, 6) is 0.307. The zero-order chi connectivity index (χ0) is 21.1. The topological polar surface area (TPSA) is 76.3 Å². The molecule has 1 aromatic heterocycles. The van der Waals surface area contributed by atoms with E-state index in [1.54, 1.807) is 24.3 Å². The molecule has 6 nitrogen and oxygen atoms in total. The average molecular weight is 402 g/mol. The summed E-state index contributed by atoms with van der Waals surface area (Å²) in [6.45, 7) is 4.59. The Morgan fingerprint density at radius 1 is 1.03 bits per heavy atom. The number of aromatic nitrogens is 2. The third-order valence-corrected chi connectivity index (χ3v) is 5.83. The van der Waals surface area contributed by atoms with Crippen molar-refractivity contribution in [2.24, 2.45) is 16.9 Å². The predicted molar refractivity (Wildman–Crippen MR) is 119 cm³/mol. The Labute approximate surface area is 175 Å². The maximum atomic E-state index is 13.0. The fraction of sp³-hybridized carbons (Fsp3) is 0.333. The molecule has 1 fully saturated rings. The van der Waals surface area contributed by atoms with Gasteiger partial charge in [-0.05, 0) is 36.3 Å². The van der Waals surface area contributed by atoms with Gasteiger partial charge in [-0.1, -0.05) is 68.8 Å². The Hall–Kier alpha value is -3.28. The van der Waals surface area contributed by atoms with E-state index in [4.69, 9.17) is 0 Å². The second-order valence-corrected chi connectivity index (χ2v) is 8.05. The molecule has 1 amide bonds. The molecule has 0 bridgehead atoms. The predicted octanol–water partition coefficient (Wildman–Crippen LogP) is 3.99. The van der Waals surface area contributed by atoms with Gasteiger partial charge in [0.25, 0.3) is 11.5 Å². The molecule has 1 saturated carbocycles. The van der Waals surface area contributed by atoms with Crippen LogP contribution in [0.4, 0.5) is 0 Å². The number of carbonyl (C=O) groups is 1. The molecule has 0 aliphatic heterocycles. The number of hydrogen-bond acceptors (Lipinski definition) is 4. The first-order valence-electron chi connectivity index (χ1n) is 10.5. The van der Waals surface area contributed by atoms with Crippen LogP contribution in [-0.4, -0.2) is 21.4 Å². The van der Waals surface area contributed by atoms with Gasteiger partial charge >= 0.3 is 0 Å². The molecule has 0 saturated heterocycles. The first-order chi connectivity index (χ1) is 14.5. The van der Waals surface area contributed by atoms with E-state index in [1.165, 1.54) is 11.1 Å². The number of hydrazone groups is 1. The third kappa shape index (κ3) is 4.03. The van der Waals surface area contributed by atoms with Crippen molar-refractivity contribution in [3.05, 3.63) is 76.2 Å². The second-order valence-electron chi connectivity index (χ2n) is 8.05. The fourth-order valence-corrected chi connectivity index (χ4v) is 4.17. The summed E-state index contributed by atoms with van der Waals surface area (Å²) in [6, 6.07) is 16.7. The molecule has 0 radical (unpaired) electrons. The summed E-state index contributed by atoms with van der Waals surface area (Å²) in [5.41, 5.74) is 4.67. The van der Waals surface area contributed by atoms with Crippen molar-refractivity contribution in [3.8, 4) is 0 Å². The van der Waals surface area contributed by atoms with E-state index < -0.39 is 5.91 Å². The van der Waals surface area contributed by atoms with Crippen LogP contribution in [0, 0.1) is 11.8 Å². The molecule has 154 valence electrons. The van der Waals surface area contributed by atoms with Gasteiger partial charge in [-0.3, -0.25) is 9.59 Å². The molecule has 30 heavy (non-hydrogen) atoms. The minimum absolute atomic E-state index is 0.210. The number of fused-ring (bicyclic) bond motifs is 1. The van der Waals surface area contributed by atoms with E-state index in [-0.39, 0.29) is 11.3 Å². The summed E-state index contributed by atoms with van der Waals surface area (Å²) in [5, 5.41) is 9.88. The Bertz CT molecular complexity index is 1140. The highest BCUT2D eigenvalue weighted by molar-refractivity contribution is 6.05. The maximum Gasteiger partial charge on any atom is 0.292 e. The van der Waals surface area contributed by atoms with Gasteiger partial charge in [0.2, 0.25) is 0 Å². The van der Waals surface area contributed by atoms with Crippen molar-refractivity contribution < 1.29 is 4.79 Å². The Balaban J connectivity index is 1.71. The summed E-state index contributed by atoms with van der Waals surface area (Å²) >= 11 is 0. The number of nitrogens with zero attached hydrogens (tertiary/aromatic N) is 3. The van der Waals surface area contributed by atoms with E-state index in [2.05, 4.69) is 29.5 Å². The largest absolute Gasteiger partial charge is 0.292 e. The normalized spacial score (nSPS) is 20.4. The number of carbonyl (C=O) groups excluding carboxylic acids is 1. The minimum atomic E-state index is -0.398. The molecule has 1 aliphatic carbocycles. The van der Waals surface area contributed by atoms with Gasteiger partial charge in [0.05, 0.1) is 11.9 Å². The maximum absolute atomic E-state index is 13.0. The molecular weight excluding hydrogens is 376 g/mol. The number of amides is 1. The van der Waals surface area contributed by atoms with Crippen molar-refractivity contribution in [2.45, 2.75) is 39.7 Å². The molecule has 1 heterocycles. The lowest BCUT2D eigenvalue weighted by Crippen LogP contribution is -2.32. The molecule has 6 heteroatoms. The standard InChI is InChI=1S/C24H26N4O2/c1-16-9-8-10-17(2)21(16)25-26-23(29)22-19-13-6-7-14-20(19)24(30)28(27-22)15-18-11-4-3-5-12-18/h3-7,11-14,16-17H,8-10,15H2,1-2H3,(H,26,29)/t16-,17+. The third-order valence-electron chi connectivity index (χ3n) is 5.83. The summed E-state index contributed by atoms with van der Waals surface area (Å²) < 4.78 is 1.35. The molecule has 2 aromatic carbocycles. The smallest absolute Gasteiger partial charge is 0.267 e. The molecule has 4 rings (SSSR count). The highest BCUT2D eigenvalue weighted by Gasteiger charge is 2.24. The molecule has 1 N–H and O–H groups in total. The van der Waals surface area contributed by atoms with Crippen molar-refractivity contribution in [1.29, 1.82) is 0 Å². The van der Waals surface area contributed by atoms with Crippen LogP contribution < -0.4 is 11.0 Å². The second kappa shape index (κ2) is 8.61. The monoisotopic (exact) mass is 402 g/mol. The first-order valence-corrected chi connectivity index (χ1v) is 10.5. The van der Waals surface area contributed by atoms with E-state index in [0.717, 1.165) is 24.1 Å². The van der Waals surface area contributed by atoms with Crippen LogP contribution in [0.5, 0.6) is 0 Å². The van der Waals surface area contributed by atoms with Crippen LogP contribution in [-0.2, 0) is 6.54 Å². The highest BCUT2D eigenvalue weighted by atomic mass is 16.2. The van der Waals surface area contributed by atoms with Crippen molar-refractivity contribution in [3.63, 3.8) is 0 Å². The van der Waals surface area contributed by atoms with Gasteiger partial charge < -0.3 is 0 Å². The minimum Gasteiger partial charge on any atom is -0.267 e. The lowest BCUT2D eigenvalue weighted by molar-refractivity contribution is 0.0949. The Morgan fingerprint density at radius 3 is 2.37 bits per heavy atom. The SMILES string of the molecule is C[C@@H]1CCC[C@H](C)C1=NNC(=O)c1nn(Cc2ccccc2)c(=O)c2ccccc12. The number of rotatable bonds is 4. The fourth-order valence-electron chi connectivity index (χ4n) is 4.17. The van der Waals surface area contributed by atoms with Crippen LogP contribution in [0.1, 0.15) is 49.2 Å². The zero-order valence-electron chi connectivity index (χ0n) is 17.3. The van der Waals surface area contributed by atoms with Gasteiger partial charge in [-0.2, -0.15) is 10.2 Å². The van der Waals surface area contributed by atoms with Crippen LogP contribution in [0.15, 0.2) is 64.5 Å². The van der Waals surface area contributed by atoms with Crippen molar-refractivity contribution >= 4 is 22.4 Å². The summed E-state index contributed by atoms with van der Waals surface area (Å²) in [4.78, 5) is 26.0. The van der Waals surface area contributed by atoms with Gasteiger partial charge in [-0.25, -0.2) is 10.1 Å². The molecule has 0 spiro atoms. The van der Waals surface area contributed by atoms with E-state index >= 15 is 0 Å². The van der Waals surface area contributed by atoms with Crippen molar-refractivity contribution in [2.75, 3.05) is 0 Å². The van der Waals surface area contributed by atoms with E-state index in [0.29, 0.717) is 29.2 Å². The highest BCUT2D eigenvalue weighted by Crippen LogP contribution is 2.26. The number of nitrogens with one attached hydrogen (secondary N) is 1. The summed E-state index contributed by atoms with van der Waals surface area (Å²) in [7, 11) is 0. The van der Waals surface area contributed by atoms with Gasteiger partial charge in [0, 0.05) is 11.1 Å². The number of hydrogen-bond donors (Lipinski definition) is 1. The molecular formula is C24H26N4O2. The van der Waals surface area contributed by atoms with Gasteiger partial charge in [0.15, 0.2) is 5.69 Å².